The third-order valence-electron chi connectivity index (χ3n) is 6.48. The van der Waals surface area contributed by atoms with Crippen LogP contribution in [0, 0.1) is 11.8 Å². The van der Waals surface area contributed by atoms with E-state index in [1.54, 1.807) is 24.8 Å². The topological polar surface area (TPSA) is 71.0 Å². The Kier molecular flexibility index (Phi) is 5.59. The first-order valence-electron chi connectivity index (χ1n) is 11.0. The van der Waals surface area contributed by atoms with Gasteiger partial charge in [-0.2, -0.15) is 0 Å². The van der Waals surface area contributed by atoms with Crippen molar-refractivity contribution in [2.24, 2.45) is 11.8 Å². The Bertz CT molecular complexity index is 1060. The zero-order chi connectivity index (χ0) is 21.2. The van der Waals surface area contributed by atoms with Crippen LogP contribution in [0.2, 0.25) is 0 Å². The van der Waals surface area contributed by atoms with Gasteiger partial charge >= 0.3 is 0 Å². The summed E-state index contributed by atoms with van der Waals surface area (Å²) in [5, 5.41) is 5.01. The molecule has 0 bridgehead atoms. The van der Waals surface area contributed by atoms with Crippen LogP contribution in [0.5, 0.6) is 0 Å². The van der Waals surface area contributed by atoms with Crippen molar-refractivity contribution in [3.8, 4) is 11.3 Å². The van der Waals surface area contributed by atoms with Crippen molar-refractivity contribution in [2.75, 3.05) is 25.0 Å². The molecule has 1 saturated heterocycles. The monoisotopic (exact) mass is 419 g/mol. The highest BCUT2D eigenvalue weighted by Gasteiger charge is 2.31. The van der Waals surface area contributed by atoms with Gasteiger partial charge < -0.3 is 5.32 Å². The van der Waals surface area contributed by atoms with Crippen LogP contribution in [0.25, 0.3) is 22.0 Å². The molecule has 1 amide bonds. The highest BCUT2D eigenvalue weighted by Crippen LogP contribution is 2.31. The number of fused-ring (bicyclic) bond motifs is 1. The summed E-state index contributed by atoms with van der Waals surface area (Å²) in [5.41, 5.74) is 1.78. The minimum absolute atomic E-state index is 0.0185. The van der Waals surface area contributed by atoms with Gasteiger partial charge in [-0.1, -0.05) is 12.1 Å². The lowest BCUT2D eigenvalue weighted by Gasteiger charge is -2.38. The summed E-state index contributed by atoms with van der Waals surface area (Å²) in [7, 11) is 0. The van der Waals surface area contributed by atoms with E-state index in [1.807, 2.05) is 24.3 Å². The molecule has 1 aliphatic carbocycles. The number of rotatable bonds is 5. The summed E-state index contributed by atoms with van der Waals surface area (Å²) >= 11 is 0. The number of amides is 1. The predicted octanol–water partition coefficient (Wildman–Crippen LogP) is 4.09. The molecule has 31 heavy (non-hydrogen) atoms. The number of alkyl halides is 1. The molecule has 5 rings (SSSR count). The molecular weight excluding hydrogens is 393 g/mol. The molecule has 2 fully saturated rings. The summed E-state index contributed by atoms with van der Waals surface area (Å²) in [6.07, 6.45) is 10.0. The SMILES string of the molecule is O=C(Nc1cc2cc(-c3cnccn3)ccc2cn1)C1CCC(CN2CC(F)C2)CC1. The maximum atomic E-state index is 13.0. The van der Waals surface area contributed by atoms with Crippen molar-refractivity contribution < 1.29 is 9.18 Å². The lowest BCUT2D eigenvalue weighted by molar-refractivity contribution is -0.121. The first-order valence-corrected chi connectivity index (χ1v) is 11.0. The first kappa shape index (κ1) is 20.0. The zero-order valence-corrected chi connectivity index (χ0v) is 17.4. The lowest BCUT2D eigenvalue weighted by Crippen LogP contribution is -2.50. The van der Waals surface area contributed by atoms with E-state index in [1.165, 1.54) is 0 Å². The molecule has 1 N–H and O–H groups in total. The summed E-state index contributed by atoms with van der Waals surface area (Å²) in [6, 6.07) is 7.96. The minimum Gasteiger partial charge on any atom is -0.310 e. The number of hydrogen-bond acceptors (Lipinski definition) is 5. The molecule has 0 spiro atoms. The molecule has 2 aliphatic rings. The number of carbonyl (C=O) groups is 1. The maximum Gasteiger partial charge on any atom is 0.228 e. The van der Waals surface area contributed by atoms with Gasteiger partial charge in [0, 0.05) is 55.1 Å². The first-order chi connectivity index (χ1) is 15.1. The van der Waals surface area contributed by atoms with Gasteiger partial charge in [-0.05, 0) is 49.1 Å². The third-order valence-corrected chi connectivity index (χ3v) is 6.48. The molecule has 0 radical (unpaired) electrons. The Balaban J connectivity index is 1.21. The highest BCUT2D eigenvalue weighted by atomic mass is 19.1. The summed E-state index contributed by atoms with van der Waals surface area (Å²) in [4.78, 5) is 27.9. The number of carbonyl (C=O) groups excluding carboxylic acids is 1. The molecule has 1 aliphatic heterocycles. The molecule has 0 unspecified atom stereocenters. The van der Waals surface area contributed by atoms with E-state index in [9.17, 15) is 9.18 Å². The highest BCUT2D eigenvalue weighted by molar-refractivity contribution is 5.95. The Morgan fingerprint density at radius 2 is 1.87 bits per heavy atom. The van der Waals surface area contributed by atoms with Gasteiger partial charge in [-0.3, -0.25) is 19.7 Å². The number of anilines is 1. The Labute approximate surface area is 180 Å². The van der Waals surface area contributed by atoms with Crippen molar-refractivity contribution in [1.29, 1.82) is 0 Å². The van der Waals surface area contributed by atoms with Crippen LogP contribution >= 0.6 is 0 Å². The third kappa shape index (κ3) is 4.56. The van der Waals surface area contributed by atoms with Gasteiger partial charge in [-0.25, -0.2) is 9.37 Å². The van der Waals surface area contributed by atoms with Crippen molar-refractivity contribution >= 4 is 22.5 Å². The van der Waals surface area contributed by atoms with E-state index in [2.05, 4.69) is 25.2 Å². The lowest BCUT2D eigenvalue weighted by atomic mass is 9.81. The second-order valence-electron chi connectivity index (χ2n) is 8.74. The number of likely N-dealkylation sites (tertiary alicyclic amines) is 1. The smallest absolute Gasteiger partial charge is 0.228 e. The fourth-order valence-corrected chi connectivity index (χ4v) is 4.67. The summed E-state index contributed by atoms with van der Waals surface area (Å²) in [6.45, 7) is 2.12. The van der Waals surface area contributed by atoms with Gasteiger partial charge in [0.1, 0.15) is 12.0 Å². The van der Waals surface area contributed by atoms with Crippen LogP contribution in [0.4, 0.5) is 10.2 Å². The number of nitrogens with zero attached hydrogens (tertiary/aromatic N) is 4. The second kappa shape index (κ2) is 8.67. The molecule has 3 heterocycles. The van der Waals surface area contributed by atoms with E-state index >= 15 is 0 Å². The number of pyridine rings is 1. The van der Waals surface area contributed by atoms with Crippen LogP contribution < -0.4 is 5.32 Å². The molecule has 7 heteroatoms. The number of aromatic nitrogens is 3. The number of nitrogens with one attached hydrogen (secondary N) is 1. The summed E-state index contributed by atoms with van der Waals surface area (Å²) in [5.74, 6) is 1.22. The fourth-order valence-electron chi connectivity index (χ4n) is 4.67. The number of hydrogen-bond donors (Lipinski definition) is 1. The van der Waals surface area contributed by atoms with Crippen molar-refractivity contribution in [1.82, 2.24) is 19.9 Å². The standard InChI is InChI=1S/C24H26FN5O/c25-21-14-30(15-21)13-16-1-3-17(4-2-16)24(31)29-23-10-20-9-18(5-6-19(20)11-28-23)22-12-26-7-8-27-22/h5-12,16-17,21H,1-4,13-15H2,(H,28,29,31). The number of benzene rings is 1. The molecular formula is C24H26FN5O. The molecule has 1 aromatic carbocycles. The molecule has 0 atom stereocenters. The van der Waals surface area contributed by atoms with Crippen LogP contribution in [0.1, 0.15) is 25.7 Å². The van der Waals surface area contributed by atoms with E-state index in [0.29, 0.717) is 24.8 Å². The van der Waals surface area contributed by atoms with Crippen molar-refractivity contribution in [3.63, 3.8) is 0 Å². The molecule has 1 saturated carbocycles. The number of halogens is 1. The van der Waals surface area contributed by atoms with Gasteiger partial charge in [-0.15, -0.1) is 0 Å². The van der Waals surface area contributed by atoms with Crippen LogP contribution in [-0.2, 0) is 4.79 Å². The molecule has 160 valence electrons. The zero-order valence-electron chi connectivity index (χ0n) is 17.4. The van der Waals surface area contributed by atoms with Gasteiger partial charge in [0.15, 0.2) is 0 Å². The van der Waals surface area contributed by atoms with Gasteiger partial charge in [0.05, 0.1) is 11.9 Å². The predicted molar refractivity (Wildman–Crippen MR) is 118 cm³/mol. The van der Waals surface area contributed by atoms with E-state index in [4.69, 9.17) is 0 Å². The van der Waals surface area contributed by atoms with Crippen LogP contribution in [-0.4, -0.2) is 51.6 Å². The van der Waals surface area contributed by atoms with Crippen molar-refractivity contribution in [3.05, 3.63) is 49.1 Å². The Morgan fingerprint density at radius 3 is 2.61 bits per heavy atom. The molecule has 3 aromatic rings. The quantitative estimate of drug-likeness (QED) is 0.674. The largest absolute Gasteiger partial charge is 0.310 e. The Hall–Kier alpha value is -2.93. The minimum atomic E-state index is -0.645. The van der Waals surface area contributed by atoms with E-state index in [-0.39, 0.29) is 11.8 Å². The molecule has 6 nitrogen and oxygen atoms in total. The summed E-state index contributed by atoms with van der Waals surface area (Å²) < 4.78 is 13.0. The van der Waals surface area contributed by atoms with Crippen molar-refractivity contribution in [2.45, 2.75) is 31.9 Å². The normalized spacial score (nSPS) is 22.2. The van der Waals surface area contributed by atoms with Crippen LogP contribution in [0.15, 0.2) is 49.1 Å². The fraction of sp³-hybridized carbons (Fsp3) is 0.417. The molecule has 2 aromatic heterocycles. The van der Waals surface area contributed by atoms with Crippen LogP contribution in [0.3, 0.4) is 0 Å². The van der Waals surface area contributed by atoms with Gasteiger partial charge in [0.25, 0.3) is 0 Å². The van der Waals surface area contributed by atoms with Gasteiger partial charge in [0.2, 0.25) is 5.91 Å². The Morgan fingerprint density at radius 1 is 1.03 bits per heavy atom. The average Bonchev–Trinajstić information content (AvgIpc) is 2.78. The van der Waals surface area contributed by atoms with E-state index < -0.39 is 6.17 Å². The van der Waals surface area contributed by atoms with E-state index in [0.717, 1.165) is 54.3 Å². The maximum absolute atomic E-state index is 13.0. The second-order valence-corrected chi connectivity index (χ2v) is 8.74. The average molecular weight is 420 g/mol.